The Morgan fingerprint density at radius 1 is 1.18 bits per heavy atom. The van der Waals surface area contributed by atoms with Crippen molar-refractivity contribution < 1.29 is 14.2 Å². The van der Waals surface area contributed by atoms with Crippen LogP contribution < -0.4 is 0 Å². The van der Waals surface area contributed by atoms with Gasteiger partial charge in [0.1, 0.15) is 0 Å². The van der Waals surface area contributed by atoms with Crippen LogP contribution in [0.3, 0.4) is 0 Å². The maximum Gasteiger partial charge on any atom is 0.170 e. The predicted octanol–water partition coefficient (Wildman–Crippen LogP) is 1.75. The van der Waals surface area contributed by atoms with Crippen LogP contribution in [-0.4, -0.2) is 31.1 Å². The number of hydrogen-bond acceptors (Lipinski definition) is 3. The van der Waals surface area contributed by atoms with Crippen LogP contribution in [0.1, 0.15) is 20.3 Å². The highest BCUT2D eigenvalue weighted by Crippen LogP contribution is 2.38. The molecule has 0 amide bonds. The fraction of sp³-hybridized carbons (Fsp3) is 1.00. The van der Waals surface area contributed by atoms with Crippen molar-refractivity contribution in [3.8, 4) is 0 Å². The summed E-state index contributed by atoms with van der Waals surface area (Å²) in [4.78, 5) is 0. The molecular formula is C7H17O3P. The van der Waals surface area contributed by atoms with Gasteiger partial charge in [-0.1, -0.05) is 0 Å². The van der Waals surface area contributed by atoms with Crippen molar-refractivity contribution in [1.82, 2.24) is 0 Å². The Bertz CT molecular complexity index is 74.1. The van der Waals surface area contributed by atoms with Gasteiger partial charge in [-0.3, -0.25) is 0 Å². The third-order valence-corrected chi connectivity index (χ3v) is 2.82. The van der Waals surface area contributed by atoms with E-state index in [0.29, 0.717) is 13.2 Å². The van der Waals surface area contributed by atoms with Gasteiger partial charge < -0.3 is 14.2 Å². The molecule has 3 nitrogen and oxygen atoms in total. The van der Waals surface area contributed by atoms with Gasteiger partial charge >= 0.3 is 0 Å². The van der Waals surface area contributed by atoms with Crippen LogP contribution in [0.5, 0.6) is 0 Å². The summed E-state index contributed by atoms with van der Waals surface area (Å²) >= 11 is 0. The topological polar surface area (TPSA) is 38.7 Å². The quantitative estimate of drug-likeness (QED) is 0.606. The van der Waals surface area contributed by atoms with Gasteiger partial charge in [-0.2, -0.15) is 0 Å². The lowest BCUT2D eigenvalue weighted by Gasteiger charge is -2.14. The first-order valence-corrected chi connectivity index (χ1v) is 5.35. The summed E-state index contributed by atoms with van der Waals surface area (Å²) in [6.45, 7) is 5.51. The third-order valence-electron chi connectivity index (χ3n) is 1.04. The van der Waals surface area contributed by atoms with E-state index in [1.54, 1.807) is 0 Å². The molecule has 0 radical (unpaired) electrons. The van der Waals surface area contributed by atoms with E-state index >= 15 is 0 Å². The summed E-state index contributed by atoms with van der Waals surface area (Å²) in [5, 5.41) is 8.55. The van der Waals surface area contributed by atoms with Gasteiger partial charge in [0.2, 0.25) is 0 Å². The van der Waals surface area contributed by atoms with E-state index in [0.717, 1.165) is 12.6 Å². The second kappa shape index (κ2) is 8.41. The zero-order valence-electron chi connectivity index (χ0n) is 7.25. The molecule has 68 valence electrons. The lowest BCUT2D eigenvalue weighted by molar-refractivity contribution is 0.259. The Hall–Kier alpha value is 0.310. The van der Waals surface area contributed by atoms with Crippen LogP contribution in [0.15, 0.2) is 0 Å². The van der Waals surface area contributed by atoms with Gasteiger partial charge in [-0.05, 0) is 20.3 Å². The van der Waals surface area contributed by atoms with Crippen LogP contribution in [0, 0.1) is 0 Å². The Kier molecular flexibility index (Phi) is 8.64. The first-order chi connectivity index (χ1) is 5.35. The molecule has 0 bridgehead atoms. The molecule has 0 unspecified atom stereocenters. The van der Waals surface area contributed by atoms with Gasteiger partial charge in [-0.25, -0.2) is 0 Å². The van der Waals surface area contributed by atoms with Crippen molar-refractivity contribution in [2.24, 2.45) is 0 Å². The van der Waals surface area contributed by atoms with E-state index < -0.39 is 8.38 Å². The van der Waals surface area contributed by atoms with Crippen LogP contribution in [0.4, 0.5) is 0 Å². The lowest BCUT2D eigenvalue weighted by atomic mass is 10.5. The van der Waals surface area contributed by atoms with Gasteiger partial charge in [0.05, 0.1) is 13.2 Å². The molecule has 4 heteroatoms. The normalized spacial score (nSPS) is 10.9. The van der Waals surface area contributed by atoms with Crippen molar-refractivity contribution in [3.05, 3.63) is 0 Å². The van der Waals surface area contributed by atoms with E-state index in [-0.39, 0.29) is 6.61 Å². The molecular weight excluding hydrogens is 163 g/mol. The van der Waals surface area contributed by atoms with E-state index in [1.807, 2.05) is 13.8 Å². The molecule has 0 aromatic carbocycles. The molecule has 0 rings (SSSR count). The molecule has 0 aliphatic heterocycles. The maximum atomic E-state index is 8.55. The van der Waals surface area contributed by atoms with Crippen molar-refractivity contribution in [3.63, 3.8) is 0 Å². The standard InChI is InChI=1S/C7H17O3P/c1-3-9-11(10-4-2)7-5-6-8/h8H,3-7H2,1-2H3. The highest BCUT2D eigenvalue weighted by atomic mass is 31.2. The van der Waals surface area contributed by atoms with E-state index in [1.165, 1.54) is 0 Å². The van der Waals surface area contributed by atoms with Crippen LogP contribution in [-0.2, 0) is 9.05 Å². The Morgan fingerprint density at radius 2 is 1.73 bits per heavy atom. The minimum atomic E-state index is -0.727. The Labute approximate surface area is 69.6 Å². The molecule has 11 heavy (non-hydrogen) atoms. The molecule has 0 heterocycles. The van der Waals surface area contributed by atoms with Gasteiger partial charge in [0.15, 0.2) is 8.38 Å². The van der Waals surface area contributed by atoms with Crippen molar-refractivity contribution >= 4 is 8.38 Å². The fourth-order valence-corrected chi connectivity index (χ4v) is 1.96. The number of rotatable bonds is 7. The van der Waals surface area contributed by atoms with Crippen LogP contribution in [0.25, 0.3) is 0 Å². The number of hydrogen-bond donors (Lipinski definition) is 1. The van der Waals surface area contributed by atoms with Gasteiger partial charge in [0, 0.05) is 12.8 Å². The van der Waals surface area contributed by atoms with Gasteiger partial charge in [-0.15, -0.1) is 0 Å². The molecule has 0 aliphatic rings. The van der Waals surface area contributed by atoms with E-state index in [4.69, 9.17) is 14.2 Å². The summed E-state index contributed by atoms with van der Waals surface area (Å²) in [7, 11) is -0.727. The van der Waals surface area contributed by atoms with Crippen LogP contribution in [0.2, 0.25) is 0 Å². The Morgan fingerprint density at radius 3 is 2.09 bits per heavy atom. The summed E-state index contributed by atoms with van der Waals surface area (Å²) in [6.07, 6.45) is 1.61. The zero-order chi connectivity index (χ0) is 8.53. The molecule has 0 aliphatic carbocycles. The van der Waals surface area contributed by atoms with Crippen molar-refractivity contribution in [2.75, 3.05) is 26.0 Å². The first-order valence-electron chi connectivity index (χ1n) is 3.99. The molecule has 0 atom stereocenters. The average Bonchev–Trinajstić information content (AvgIpc) is 2.01. The predicted molar refractivity (Wildman–Crippen MR) is 46.7 cm³/mol. The van der Waals surface area contributed by atoms with Crippen molar-refractivity contribution in [1.29, 1.82) is 0 Å². The SMILES string of the molecule is CCOP(CCCO)OCC. The molecule has 0 aromatic heterocycles. The summed E-state index contributed by atoms with van der Waals surface area (Å²) in [5.41, 5.74) is 0. The molecule has 0 spiro atoms. The summed E-state index contributed by atoms with van der Waals surface area (Å²) < 4.78 is 10.6. The van der Waals surface area contributed by atoms with E-state index in [2.05, 4.69) is 0 Å². The smallest absolute Gasteiger partial charge is 0.170 e. The second-order valence-corrected chi connectivity index (χ2v) is 3.60. The minimum Gasteiger partial charge on any atom is -0.396 e. The van der Waals surface area contributed by atoms with Gasteiger partial charge in [0.25, 0.3) is 0 Å². The Balaban J connectivity index is 3.34. The van der Waals surface area contributed by atoms with Crippen LogP contribution >= 0.6 is 8.38 Å². The monoisotopic (exact) mass is 180 g/mol. The molecule has 0 aromatic rings. The average molecular weight is 180 g/mol. The highest BCUT2D eigenvalue weighted by Gasteiger charge is 2.06. The summed E-state index contributed by atoms with van der Waals surface area (Å²) in [6, 6.07) is 0. The highest BCUT2D eigenvalue weighted by molar-refractivity contribution is 7.47. The zero-order valence-corrected chi connectivity index (χ0v) is 8.14. The molecule has 1 N–H and O–H groups in total. The third kappa shape index (κ3) is 6.70. The first kappa shape index (κ1) is 11.3. The second-order valence-electron chi connectivity index (χ2n) is 1.97. The van der Waals surface area contributed by atoms with Crippen molar-refractivity contribution in [2.45, 2.75) is 20.3 Å². The van der Waals surface area contributed by atoms with E-state index in [9.17, 15) is 0 Å². The molecule has 0 saturated heterocycles. The minimum absolute atomic E-state index is 0.221. The number of aliphatic hydroxyl groups is 1. The molecule has 0 saturated carbocycles. The summed E-state index contributed by atoms with van der Waals surface area (Å²) in [5.74, 6) is 0. The largest absolute Gasteiger partial charge is 0.396 e. The molecule has 0 fully saturated rings. The maximum absolute atomic E-state index is 8.55. The number of aliphatic hydroxyl groups excluding tert-OH is 1. The lowest BCUT2D eigenvalue weighted by Crippen LogP contribution is -1.96. The fourth-order valence-electron chi connectivity index (χ4n) is 0.654.